The van der Waals surface area contributed by atoms with Crippen molar-refractivity contribution in [2.75, 3.05) is 30.4 Å². The molecule has 1 atom stereocenters. The van der Waals surface area contributed by atoms with E-state index in [-0.39, 0.29) is 30.8 Å². The quantitative estimate of drug-likeness (QED) is 0.203. The smallest absolute Gasteiger partial charge is 0.435 e. The van der Waals surface area contributed by atoms with E-state index in [2.05, 4.69) is 4.99 Å². The highest BCUT2D eigenvalue weighted by molar-refractivity contribution is 6.07. The summed E-state index contributed by atoms with van der Waals surface area (Å²) in [6.45, 7) is 0.744. The number of nitrogens with zero attached hydrogens (tertiary/aromatic N) is 4. The molecule has 4 aromatic carbocycles. The zero-order chi connectivity index (χ0) is 34.2. The molecule has 0 saturated heterocycles. The molecule has 1 aliphatic rings. The summed E-state index contributed by atoms with van der Waals surface area (Å²) in [7, 11) is 3.28. The number of nitrogens with two attached hydrogens (primary N) is 1. The summed E-state index contributed by atoms with van der Waals surface area (Å²) in [6, 6.07) is 29.8. The van der Waals surface area contributed by atoms with Crippen LogP contribution >= 0.6 is 0 Å². The number of hydrogen-bond acceptors (Lipinski definition) is 7. The van der Waals surface area contributed by atoms with Crippen molar-refractivity contribution in [3.05, 3.63) is 131 Å². The van der Waals surface area contributed by atoms with Crippen molar-refractivity contribution in [3.63, 3.8) is 0 Å². The molecule has 1 unspecified atom stereocenters. The topological polar surface area (TPSA) is 149 Å². The lowest BCUT2D eigenvalue weighted by atomic mass is 10.1. The minimum absolute atomic E-state index is 0.0270. The monoisotopic (exact) mass is 646 g/mol. The number of fused-ring (bicyclic) bond motifs is 1. The van der Waals surface area contributed by atoms with Crippen molar-refractivity contribution >= 4 is 41.1 Å². The van der Waals surface area contributed by atoms with Crippen LogP contribution in [0.2, 0.25) is 0 Å². The molecule has 11 nitrogen and oxygen atoms in total. The second-order valence-electron chi connectivity index (χ2n) is 11.5. The normalized spacial score (nSPS) is 14.6. The molecule has 0 aliphatic carbocycles. The van der Waals surface area contributed by atoms with Crippen LogP contribution in [0.25, 0.3) is 0 Å². The molecule has 1 heterocycles. The van der Waals surface area contributed by atoms with Gasteiger partial charge in [0.15, 0.2) is 0 Å². The molecule has 0 fully saturated rings. The highest BCUT2D eigenvalue weighted by Gasteiger charge is 2.33. The Labute approximate surface area is 278 Å². The van der Waals surface area contributed by atoms with Crippen LogP contribution in [0, 0.1) is 0 Å². The van der Waals surface area contributed by atoms with Crippen LogP contribution in [-0.4, -0.2) is 61.3 Å². The van der Waals surface area contributed by atoms with Gasteiger partial charge in [-0.1, -0.05) is 66.7 Å². The van der Waals surface area contributed by atoms with Crippen LogP contribution in [0.1, 0.15) is 39.0 Å². The summed E-state index contributed by atoms with van der Waals surface area (Å²) in [5, 5.41) is 11.7. The lowest BCUT2D eigenvalue weighted by Crippen LogP contribution is -2.48. The first-order valence-electron chi connectivity index (χ1n) is 15.4. The van der Waals surface area contributed by atoms with Crippen molar-refractivity contribution in [2.45, 2.75) is 32.0 Å². The summed E-state index contributed by atoms with van der Waals surface area (Å²) in [4.78, 5) is 59.6. The number of rotatable bonds is 10. The fourth-order valence-electron chi connectivity index (χ4n) is 5.55. The molecule has 0 bridgehead atoms. The Morgan fingerprint density at radius 3 is 2.19 bits per heavy atom. The minimum Gasteiger partial charge on any atom is -0.550 e. The first kappa shape index (κ1) is 33.4. The van der Waals surface area contributed by atoms with Gasteiger partial charge in [-0.2, -0.15) is 4.99 Å². The molecule has 0 saturated carbocycles. The first-order valence-corrected chi connectivity index (χ1v) is 15.4. The van der Waals surface area contributed by atoms with Crippen molar-refractivity contribution < 1.29 is 29.0 Å². The summed E-state index contributed by atoms with van der Waals surface area (Å²) in [6.07, 6.45) is -0.693. The molecule has 0 spiro atoms. The van der Waals surface area contributed by atoms with Crippen molar-refractivity contribution in [3.8, 4) is 0 Å². The summed E-state index contributed by atoms with van der Waals surface area (Å²) in [5.41, 5.74) is 10.7. The Bertz CT molecular complexity index is 1810. The lowest BCUT2D eigenvalue weighted by molar-refractivity contribution is -0.306. The standard InChI is InChI=1S/C37H37N5O6/c1-40(30-17-15-27(16-18-30)34(38)39-37(47)48-24-26-11-7-4-8-12-26)35(45)28-13-14-29-23-42(20-19-25-9-5-3-6-10-25)36(46)32(22-33(43)44)41(2)31(29)21-28/h3-18,21,32H,19-20,22-24H2,1-2H3,(H,43,44)(H2,38,39,47)/p-1. The number of likely N-dealkylation sites (N-methyl/N-ethyl adjacent to an activating group) is 1. The predicted octanol–water partition coefficient (Wildman–Crippen LogP) is 3.54. The van der Waals surface area contributed by atoms with Gasteiger partial charge >= 0.3 is 6.09 Å². The highest BCUT2D eigenvalue weighted by atomic mass is 16.5. The number of aliphatic carboxylic acids is 1. The van der Waals surface area contributed by atoms with E-state index in [9.17, 15) is 24.3 Å². The number of anilines is 2. The van der Waals surface area contributed by atoms with E-state index in [4.69, 9.17) is 10.5 Å². The second kappa shape index (κ2) is 15.1. The molecule has 0 aromatic heterocycles. The Kier molecular flexibility index (Phi) is 10.5. The molecule has 5 rings (SSSR count). The molecule has 3 amide bonds. The molecular formula is C37H36N5O6-. The molecular weight excluding hydrogens is 610 g/mol. The maximum absolute atomic E-state index is 13.6. The number of amidine groups is 1. The molecule has 4 aromatic rings. The van der Waals surface area contributed by atoms with Gasteiger partial charge in [-0.15, -0.1) is 0 Å². The summed E-state index contributed by atoms with van der Waals surface area (Å²) >= 11 is 0. The maximum Gasteiger partial charge on any atom is 0.435 e. The molecule has 1 aliphatic heterocycles. The number of carbonyl (C=O) groups is 4. The van der Waals surface area contributed by atoms with Crippen LogP contribution < -0.4 is 20.6 Å². The third-order valence-corrected chi connectivity index (χ3v) is 8.28. The van der Waals surface area contributed by atoms with E-state index in [0.29, 0.717) is 35.5 Å². The van der Waals surface area contributed by atoms with Crippen LogP contribution in [0.3, 0.4) is 0 Å². The lowest BCUT2D eigenvalue weighted by Gasteiger charge is -2.30. The van der Waals surface area contributed by atoms with Crippen LogP contribution in [0.4, 0.5) is 16.2 Å². The summed E-state index contributed by atoms with van der Waals surface area (Å²) < 4.78 is 5.17. The number of amides is 3. The van der Waals surface area contributed by atoms with Gasteiger partial charge in [0, 0.05) is 62.1 Å². The average molecular weight is 647 g/mol. The molecule has 0 radical (unpaired) electrons. The first-order chi connectivity index (χ1) is 23.1. The predicted molar refractivity (Wildman–Crippen MR) is 180 cm³/mol. The zero-order valence-corrected chi connectivity index (χ0v) is 26.7. The van der Waals surface area contributed by atoms with Gasteiger partial charge in [0.1, 0.15) is 18.5 Å². The second-order valence-corrected chi connectivity index (χ2v) is 11.5. The van der Waals surface area contributed by atoms with Crippen LogP contribution in [0.15, 0.2) is 108 Å². The zero-order valence-electron chi connectivity index (χ0n) is 26.7. The Hall–Kier alpha value is -5.97. The number of benzene rings is 4. The average Bonchev–Trinajstić information content (AvgIpc) is 3.19. The minimum atomic E-state index is -1.34. The fraction of sp³-hybridized carbons (Fsp3) is 0.216. The van der Waals surface area contributed by atoms with Crippen molar-refractivity contribution in [1.29, 1.82) is 0 Å². The van der Waals surface area contributed by atoms with Crippen LogP contribution in [-0.2, 0) is 33.9 Å². The van der Waals surface area contributed by atoms with E-state index in [0.717, 1.165) is 16.7 Å². The Balaban J connectivity index is 1.30. The molecule has 246 valence electrons. The third kappa shape index (κ3) is 8.05. The van der Waals surface area contributed by atoms with E-state index < -0.39 is 24.5 Å². The fourth-order valence-corrected chi connectivity index (χ4v) is 5.55. The van der Waals surface area contributed by atoms with Crippen molar-refractivity contribution in [1.82, 2.24) is 4.90 Å². The van der Waals surface area contributed by atoms with Crippen molar-refractivity contribution in [2.24, 2.45) is 10.7 Å². The number of ether oxygens (including phenoxy) is 1. The summed E-state index contributed by atoms with van der Waals surface area (Å²) in [5.74, 6) is -2.00. The van der Waals surface area contributed by atoms with Gasteiger partial charge in [0.2, 0.25) is 5.91 Å². The third-order valence-electron chi connectivity index (χ3n) is 8.28. The molecule has 2 N–H and O–H groups in total. The number of hydrogen-bond donors (Lipinski definition) is 1. The van der Waals surface area contributed by atoms with Gasteiger partial charge < -0.3 is 35.1 Å². The van der Waals surface area contributed by atoms with E-state index >= 15 is 0 Å². The van der Waals surface area contributed by atoms with Gasteiger partial charge in [0.25, 0.3) is 5.91 Å². The van der Waals surface area contributed by atoms with Crippen LogP contribution in [0.5, 0.6) is 0 Å². The largest absolute Gasteiger partial charge is 0.550 e. The maximum atomic E-state index is 13.6. The molecule has 48 heavy (non-hydrogen) atoms. The Morgan fingerprint density at radius 2 is 1.54 bits per heavy atom. The highest BCUT2D eigenvalue weighted by Crippen LogP contribution is 2.31. The van der Waals surface area contributed by atoms with Gasteiger partial charge in [-0.25, -0.2) is 4.79 Å². The van der Waals surface area contributed by atoms with Gasteiger partial charge in [0.05, 0.1) is 0 Å². The number of carboxylic acid groups (broad SMARTS) is 1. The van der Waals surface area contributed by atoms with E-state index in [1.807, 2.05) is 60.7 Å². The van der Waals surface area contributed by atoms with E-state index in [1.54, 1.807) is 66.4 Å². The number of aliphatic imine (C=N–C) groups is 1. The Morgan fingerprint density at radius 1 is 0.917 bits per heavy atom. The van der Waals surface area contributed by atoms with E-state index in [1.165, 1.54) is 4.90 Å². The SMILES string of the molecule is CN(C(=O)c1ccc2c(c1)N(C)C(CC(=O)[O-])C(=O)N(CCc1ccccc1)C2)c1ccc(/C(N)=N\C(=O)OCc2ccccc2)cc1. The number of carbonyl (C=O) groups excluding carboxylic acids is 4. The van der Waals surface area contributed by atoms with Gasteiger partial charge in [-0.05, 0) is 59.5 Å². The number of carboxylic acids is 1. The molecule has 11 heteroatoms. The van der Waals surface area contributed by atoms with Gasteiger partial charge in [-0.3, -0.25) is 9.59 Å².